The van der Waals surface area contributed by atoms with E-state index in [0.717, 1.165) is 51.9 Å². The Morgan fingerprint density at radius 1 is 0.439 bits per heavy atom. The molecule has 0 aromatic heterocycles. The molecule has 0 aliphatic heterocycles. The van der Waals surface area contributed by atoms with E-state index in [1.165, 1.54) is 193 Å². The van der Waals surface area contributed by atoms with Gasteiger partial charge >= 0.3 is 5.97 Å². The number of rotatable bonds is 48. The van der Waals surface area contributed by atoms with Gasteiger partial charge in [0, 0.05) is 32.6 Å². The topological polar surface area (TPSA) is 123 Å². The molecule has 0 aliphatic rings. The summed E-state index contributed by atoms with van der Waals surface area (Å²) in [6.07, 6.45) is 45.0. The molecule has 0 rings (SSSR count). The summed E-state index contributed by atoms with van der Waals surface area (Å²) < 4.78 is 5.83. The first-order chi connectivity index (χ1) is 28.1. The van der Waals surface area contributed by atoms with Crippen LogP contribution in [0.25, 0.3) is 0 Å². The fraction of sp³-hybridized carbons (Fsp3) is 0.959. The van der Waals surface area contributed by atoms with Gasteiger partial charge < -0.3 is 31.7 Å². The van der Waals surface area contributed by atoms with Crippen LogP contribution >= 0.6 is 0 Å². The van der Waals surface area contributed by atoms with Crippen LogP contribution in [0.1, 0.15) is 245 Å². The van der Waals surface area contributed by atoms with Gasteiger partial charge in [0.2, 0.25) is 5.91 Å². The van der Waals surface area contributed by atoms with E-state index in [4.69, 9.17) is 16.2 Å². The predicted octanol–water partition coefficient (Wildman–Crippen LogP) is 11.9. The zero-order chi connectivity index (χ0) is 41.5. The maximum Gasteiger partial charge on any atom is 0.306 e. The predicted molar refractivity (Wildman–Crippen MR) is 248 cm³/mol. The van der Waals surface area contributed by atoms with Crippen LogP contribution in [-0.2, 0) is 14.3 Å². The molecule has 0 aromatic carbocycles. The molecule has 0 radical (unpaired) electrons. The van der Waals surface area contributed by atoms with Gasteiger partial charge in [0.15, 0.2) is 0 Å². The van der Waals surface area contributed by atoms with E-state index in [1.54, 1.807) is 0 Å². The van der Waals surface area contributed by atoms with Gasteiger partial charge in [-0.3, -0.25) is 9.59 Å². The van der Waals surface area contributed by atoms with Crippen LogP contribution in [0.2, 0.25) is 0 Å². The Bertz CT molecular complexity index is 768. The number of carbonyl (C=O) groups is 2. The molecule has 340 valence electrons. The first kappa shape index (κ1) is 55.8. The second-order valence-corrected chi connectivity index (χ2v) is 17.3. The minimum absolute atomic E-state index is 0.104. The number of esters is 1. The number of carbonyl (C=O) groups excluding carboxylic acids is 2. The molecule has 0 heterocycles. The zero-order valence-electron chi connectivity index (χ0n) is 38.5. The molecule has 57 heavy (non-hydrogen) atoms. The molecule has 0 saturated carbocycles. The molecule has 0 fully saturated rings. The van der Waals surface area contributed by atoms with Gasteiger partial charge in [0.25, 0.3) is 0 Å². The van der Waals surface area contributed by atoms with Crippen molar-refractivity contribution in [2.24, 2.45) is 11.5 Å². The minimum Gasteiger partial charge on any atom is -0.460 e. The lowest BCUT2D eigenvalue weighted by atomic mass is 10.0. The highest BCUT2D eigenvalue weighted by Gasteiger charge is 2.18. The van der Waals surface area contributed by atoms with Crippen molar-refractivity contribution in [3.8, 4) is 0 Å². The van der Waals surface area contributed by atoms with Crippen LogP contribution in [0, 0.1) is 0 Å². The van der Waals surface area contributed by atoms with Gasteiger partial charge in [-0.2, -0.15) is 0 Å². The van der Waals surface area contributed by atoms with Gasteiger partial charge in [0.1, 0.15) is 6.10 Å². The minimum atomic E-state index is -0.292. The molecule has 0 spiro atoms. The number of nitrogens with zero attached hydrogens (tertiary/aromatic N) is 1. The smallest absolute Gasteiger partial charge is 0.306 e. The lowest BCUT2D eigenvalue weighted by Gasteiger charge is -2.23. The van der Waals surface area contributed by atoms with E-state index in [2.05, 4.69) is 29.4 Å². The van der Waals surface area contributed by atoms with Gasteiger partial charge in [-0.25, -0.2) is 0 Å². The molecule has 0 saturated heterocycles. The summed E-state index contributed by atoms with van der Waals surface area (Å²) in [4.78, 5) is 28.4. The van der Waals surface area contributed by atoms with Gasteiger partial charge in [-0.15, -0.1) is 0 Å². The maximum atomic E-state index is 13.5. The maximum absolute atomic E-state index is 13.5. The molecular weight excluding hydrogens is 707 g/mol. The highest BCUT2D eigenvalue weighted by atomic mass is 16.5. The summed E-state index contributed by atoms with van der Waals surface area (Å²) in [6, 6.07) is 0. The molecule has 0 unspecified atom stereocenters. The highest BCUT2D eigenvalue weighted by molar-refractivity contribution is 5.81. The number of amides is 1. The number of unbranched alkanes of at least 4 members (excludes halogenated alkanes) is 30. The zero-order valence-corrected chi connectivity index (χ0v) is 38.5. The summed E-state index contributed by atoms with van der Waals surface area (Å²) in [6.45, 7) is 10.2. The Kier molecular flexibility index (Phi) is 46.4. The third kappa shape index (κ3) is 42.7. The first-order valence-corrected chi connectivity index (χ1v) is 25.4. The fourth-order valence-corrected chi connectivity index (χ4v) is 7.81. The number of nitrogens with two attached hydrogens (primary N) is 2. The van der Waals surface area contributed by atoms with Crippen LogP contribution < -0.4 is 22.1 Å². The molecule has 8 heteroatoms. The Morgan fingerprint density at radius 3 is 1.04 bits per heavy atom. The third-order valence-corrected chi connectivity index (χ3v) is 11.6. The number of ether oxygens (including phenoxy) is 1. The molecular formula is C49H101N5O3. The lowest BCUT2D eigenvalue weighted by molar-refractivity contribution is -0.150. The van der Waals surface area contributed by atoms with Crippen LogP contribution in [0.15, 0.2) is 0 Å². The van der Waals surface area contributed by atoms with Gasteiger partial charge in [-0.05, 0) is 51.9 Å². The van der Waals surface area contributed by atoms with Crippen LogP contribution in [0.5, 0.6) is 0 Å². The Morgan fingerprint density at radius 2 is 0.737 bits per heavy atom. The first-order valence-electron chi connectivity index (χ1n) is 25.4. The van der Waals surface area contributed by atoms with Crippen molar-refractivity contribution in [1.29, 1.82) is 0 Å². The van der Waals surface area contributed by atoms with Crippen molar-refractivity contribution in [1.82, 2.24) is 15.5 Å². The molecule has 0 atom stereocenters. The highest BCUT2D eigenvalue weighted by Crippen LogP contribution is 2.16. The largest absolute Gasteiger partial charge is 0.460 e. The van der Waals surface area contributed by atoms with Crippen molar-refractivity contribution >= 4 is 11.9 Å². The van der Waals surface area contributed by atoms with E-state index in [0.29, 0.717) is 26.2 Å². The molecule has 1 amide bonds. The Labute approximate surface area is 355 Å². The molecule has 8 nitrogen and oxygen atoms in total. The van der Waals surface area contributed by atoms with Crippen LogP contribution in [0.3, 0.4) is 0 Å². The van der Waals surface area contributed by atoms with Gasteiger partial charge in [-0.1, -0.05) is 206 Å². The van der Waals surface area contributed by atoms with Crippen LogP contribution in [-0.4, -0.2) is 75.2 Å². The van der Waals surface area contributed by atoms with Crippen molar-refractivity contribution in [2.75, 3.05) is 52.4 Å². The van der Waals surface area contributed by atoms with Crippen molar-refractivity contribution < 1.29 is 14.3 Å². The monoisotopic (exact) mass is 808 g/mol. The van der Waals surface area contributed by atoms with E-state index >= 15 is 0 Å². The summed E-state index contributed by atoms with van der Waals surface area (Å²) in [5.74, 6) is -0.188. The normalized spacial score (nSPS) is 11.5. The number of hydrogen-bond donors (Lipinski definition) is 4. The van der Waals surface area contributed by atoms with Crippen molar-refractivity contribution in [3.63, 3.8) is 0 Å². The fourth-order valence-electron chi connectivity index (χ4n) is 7.81. The third-order valence-electron chi connectivity index (χ3n) is 11.6. The summed E-state index contributed by atoms with van der Waals surface area (Å²) in [5, 5.41) is 6.69. The molecule has 0 aromatic rings. The number of nitrogens with one attached hydrogen (secondary N) is 2. The SMILES string of the molecule is CCCCCCCCCCCCCCCCCCN(CCCCCCCCCCCCCCCCCC)C(=O)CCC(=O)OC(CNCCCN)CNCCCN. The van der Waals surface area contributed by atoms with Gasteiger partial charge in [0.05, 0.1) is 6.42 Å². The standard InChI is InChI=1S/C49H101N5O3/c1-3-5-7-9-11-13-15-17-19-21-23-25-27-29-31-33-43-54(44-34-32-30-28-26-24-22-20-18-16-14-12-10-8-6-4-2)48(55)37-38-49(56)57-47(45-52-41-35-39-50)46-53-42-36-40-51/h47,52-53H,3-46,50-51H2,1-2H3. The molecule has 0 bridgehead atoms. The van der Waals surface area contributed by atoms with E-state index in [1.807, 2.05) is 0 Å². The average Bonchev–Trinajstić information content (AvgIpc) is 3.21. The molecule has 0 aliphatic carbocycles. The number of hydrogen-bond acceptors (Lipinski definition) is 7. The second kappa shape index (κ2) is 47.5. The quantitative estimate of drug-likeness (QED) is 0.0357. The lowest BCUT2D eigenvalue weighted by Crippen LogP contribution is -2.40. The second-order valence-electron chi connectivity index (χ2n) is 17.3. The van der Waals surface area contributed by atoms with E-state index < -0.39 is 0 Å². The van der Waals surface area contributed by atoms with E-state index in [-0.39, 0.29) is 30.8 Å². The Hall–Kier alpha value is -1.22. The summed E-state index contributed by atoms with van der Waals surface area (Å²) in [5.41, 5.74) is 11.3. The summed E-state index contributed by atoms with van der Waals surface area (Å²) in [7, 11) is 0. The van der Waals surface area contributed by atoms with E-state index in [9.17, 15) is 9.59 Å². The van der Waals surface area contributed by atoms with Crippen molar-refractivity contribution in [2.45, 2.75) is 251 Å². The summed E-state index contributed by atoms with van der Waals surface area (Å²) >= 11 is 0. The average molecular weight is 808 g/mol. The van der Waals surface area contributed by atoms with Crippen molar-refractivity contribution in [3.05, 3.63) is 0 Å². The van der Waals surface area contributed by atoms with Crippen LogP contribution in [0.4, 0.5) is 0 Å². The molecule has 6 N–H and O–H groups in total. The Balaban J connectivity index is 4.50.